The smallest absolute Gasteiger partial charge is 0.285 e. The molecule has 4 rings (SSSR count). The zero-order chi connectivity index (χ0) is 22.8. The zero-order valence-corrected chi connectivity index (χ0v) is 18.1. The molecule has 1 N–H and O–H groups in total. The number of benzene rings is 2. The average molecular weight is 453 g/mol. The summed E-state index contributed by atoms with van der Waals surface area (Å²) in [6, 6.07) is 11.8. The molecule has 3 aromatic rings. The molecular formula is C21H19N5O5S. The number of nitrogens with one attached hydrogen (secondary N) is 1. The number of aromatic nitrogens is 2. The number of amides is 2. The molecule has 0 spiro atoms. The molecule has 1 aliphatic heterocycles. The van der Waals surface area contributed by atoms with Crippen LogP contribution in [0.3, 0.4) is 0 Å². The maximum atomic E-state index is 12.6. The molecule has 1 fully saturated rings. The summed E-state index contributed by atoms with van der Waals surface area (Å²) in [6.45, 7) is 2.01. The monoisotopic (exact) mass is 453 g/mol. The van der Waals surface area contributed by atoms with Crippen LogP contribution in [-0.4, -0.2) is 40.6 Å². The fraction of sp³-hybridized carbons (Fsp3) is 0.238. The summed E-state index contributed by atoms with van der Waals surface area (Å²) in [5.41, 5.74) is 0.867. The number of anilines is 2. The van der Waals surface area contributed by atoms with Gasteiger partial charge in [-0.25, -0.2) is 0 Å². The van der Waals surface area contributed by atoms with Crippen molar-refractivity contribution in [1.29, 1.82) is 0 Å². The third-order valence-electron chi connectivity index (χ3n) is 5.18. The Morgan fingerprint density at radius 2 is 2.00 bits per heavy atom. The van der Waals surface area contributed by atoms with Gasteiger partial charge in [0.15, 0.2) is 0 Å². The zero-order valence-electron chi connectivity index (χ0n) is 17.3. The van der Waals surface area contributed by atoms with Crippen LogP contribution in [0.1, 0.15) is 33.3 Å². The van der Waals surface area contributed by atoms with Crippen molar-refractivity contribution < 1.29 is 19.2 Å². The SMILES string of the molecule is COc1ccc(N2CC(c3nnc(NC(=O)c4cccc(C)c4[N+](=O)[O-])s3)CC2=O)cc1. The number of nitro benzene ring substituents is 1. The van der Waals surface area contributed by atoms with Gasteiger partial charge in [0.2, 0.25) is 11.0 Å². The quantitative estimate of drug-likeness (QED) is 0.447. The topological polar surface area (TPSA) is 128 Å². The molecule has 2 aromatic carbocycles. The van der Waals surface area contributed by atoms with E-state index in [1.54, 1.807) is 43.2 Å². The third kappa shape index (κ3) is 4.14. The lowest BCUT2D eigenvalue weighted by atomic mass is 10.1. The Kier molecular flexibility index (Phi) is 5.82. The highest BCUT2D eigenvalue weighted by Crippen LogP contribution is 2.35. The van der Waals surface area contributed by atoms with Crippen molar-refractivity contribution in [1.82, 2.24) is 10.2 Å². The Morgan fingerprint density at radius 3 is 2.69 bits per heavy atom. The van der Waals surface area contributed by atoms with Crippen LogP contribution >= 0.6 is 11.3 Å². The molecule has 1 unspecified atom stereocenters. The van der Waals surface area contributed by atoms with Crippen LogP contribution in [-0.2, 0) is 4.79 Å². The number of carbonyl (C=O) groups is 2. The van der Waals surface area contributed by atoms with Crippen molar-refractivity contribution >= 4 is 39.7 Å². The highest BCUT2D eigenvalue weighted by atomic mass is 32.1. The second kappa shape index (κ2) is 8.71. The molecule has 1 aliphatic rings. The summed E-state index contributed by atoms with van der Waals surface area (Å²) in [5, 5.41) is 22.9. The van der Waals surface area contributed by atoms with Gasteiger partial charge in [-0.1, -0.05) is 23.5 Å². The van der Waals surface area contributed by atoms with Crippen LogP contribution < -0.4 is 15.0 Å². The lowest BCUT2D eigenvalue weighted by molar-refractivity contribution is -0.385. The normalized spacial score (nSPS) is 15.6. The summed E-state index contributed by atoms with van der Waals surface area (Å²) < 4.78 is 5.15. The van der Waals surface area contributed by atoms with Crippen molar-refractivity contribution in [3.8, 4) is 5.75 Å². The Morgan fingerprint density at radius 1 is 1.25 bits per heavy atom. The van der Waals surface area contributed by atoms with E-state index in [0.29, 0.717) is 22.9 Å². The Balaban J connectivity index is 1.47. The van der Waals surface area contributed by atoms with E-state index in [2.05, 4.69) is 15.5 Å². The first-order valence-corrected chi connectivity index (χ1v) is 10.5. The number of methoxy groups -OCH3 is 1. The van der Waals surface area contributed by atoms with E-state index in [1.807, 2.05) is 12.1 Å². The highest BCUT2D eigenvalue weighted by Gasteiger charge is 2.34. The molecule has 2 heterocycles. The van der Waals surface area contributed by atoms with Gasteiger partial charge in [-0.2, -0.15) is 0 Å². The third-order valence-corrected chi connectivity index (χ3v) is 6.19. The predicted octanol–water partition coefficient (Wildman–Crippen LogP) is 3.54. The van der Waals surface area contributed by atoms with E-state index in [9.17, 15) is 19.7 Å². The molecule has 164 valence electrons. The predicted molar refractivity (Wildman–Crippen MR) is 118 cm³/mol. The molecular weight excluding hydrogens is 434 g/mol. The molecule has 2 amide bonds. The van der Waals surface area contributed by atoms with Crippen molar-refractivity contribution in [2.24, 2.45) is 0 Å². The van der Waals surface area contributed by atoms with Gasteiger partial charge in [-0.3, -0.25) is 25.0 Å². The molecule has 11 heteroatoms. The van der Waals surface area contributed by atoms with E-state index in [-0.39, 0.29) is 34.6 Å². The number of hydrogen-bond acceptors (Lipinski definition) is 8. The second-order valence-corrected chi connectivity index (χ2v) is 8.24. The number of nitrogens with zero attached hydrogens (tertiary/aromatic N) is 4. The fourth-order valence-corrected chi connectivity index (χ4v) is 4.41. The average Bonchev–Trinajstić information content (AvgIpc) is 3.39. The van der Waals surface area contributed by atoms with Crippen molar-refractivity contribution in [2.45, 2.75) is 19.3 Å². The second-order valence-electron chi connectivity index (χ2n) is 7.23. The number of para-hydroxylation sites is 1. The van der Waals surface area contributed by atoms with Crippen LogP contribution in [0.4, 0.5) is 16.5 Å². The summed E-state index contributed by atoms with van der Waals surface area (Å²) in [4.78, 5) is 37.6. The summed E-state index contributed by atoms with van der Waals surface area (Å²) in [7, 11) is 1.58. The fourth-order valence-electron chi connectivity index (χ4n) is 3.58. The lowest BCUT2D eigenvalue weighted by Crippen LogP contribution is -2.24. The van der Waals surface area contributed by atoms with Gasteiger partial charge >= 0.3 is 0 Å². The van der Waals surface area contributed by atoms with E-state index < -0.39 is 10.8 Å². The molecule has 0 bridgehead atoms. The number of rotatable bonds is 6. The first-order chi connectivity index (χ1) is 15.4. The van der Waals surface area contributed by atoms with Crippen LogP contribution in [0, 0.1) is 17.0 Å². The summed E-state index contributed by atoms with van der Waals surface area (Å²) >= 11 is 1.15. The molecule has 1 aromatic heterocycles. The van der Waals surface area contributed by atoms with Gasteiger partial charge in [0, 0.05) is 30.1 Å². The molecule has 1 saturated heterocycles. The lowest BCUT2D eigenvalue weighted by Gasteiger charge is -2.16. The molecule has 10 nitrogen and oxygen atoms in total. The number of hydrogen-bond donors (Lipinski definition) is 1. The Hall–Kier alpha value is -3.86. The maximum Gasteiger partial charge on any atom is 0.285 e. The molecule has 0 radical (unpaired) electrons. The molecule has 1 atom stereocenters. The summed E-state index contributed by atoms with van der Waals surface area (Å²) in [6.07, 6.45) is 0.276. The highest BCUT2D eigenvalue weighted by molar-refractivity contribution is 7.15. The van der Waals surface area contributed by atoms with Crippen molar-refractivity contribution in [3.63, 3.8) is 0 Å². The van der Waals surface area contributed by atoms with Crippen molar-refractivity contribution in [2.75, 3.05) is 23.9 Å². The van der Waals surface area contributed by atoms with Crippen LogP contribution in [0.2, 0.25) is 0 Å². The Bertz CT molecular complexity index is 1190. The van der Waals surface area contributed by atoms with Crippen LogP contribution in [0.25, 0.3) is 0 Å². The van der Waals surface area contributed by atoms with E-state index in [0.717, 1.165) is 17.0 Å². The van der Waals surface area contributed by atoms with Crippen LogP contribution in [0.5, 0.6) is 5.75 Å². The van der Waals surface area contributed by atoms with Gasteiger partial charge in [-0.15, -0.1) is 10.2 Å². The number of aryl methyl sites for hydroxylation is 1. The van der Waals surface area contributed by atoms with Gasteiger partial charge < -0.3 is 9.64 Å². The number of carbonyl (C=O) groups excluding carboxylic acids is 2. The van der Waals surface area contributed by atoms with E-state index in [4.69, 9.17) is 4.74 Å². The van der Waals surface area contributed by atoms with Gasteiger partial charge in [-0.05, 0) is 37.3 Å². The molecule has 0 saturated carbocycles. The van der Waals surface area contributed by atoms with Crippen LogP contribution in [0.15, 0.2) is 42.5 Å². The standard InChI is InChI=1S/C21H19N5O5S/c1-12-4-3-5-16(18(12)26(29)30)19(28)22-21-24-23-20(32-21)13-10-17(27)25(11-13)14-6-8-15(31-2)9-7-14/h3-9,13H,10-11H2,1-2H3,(H,22,24,28). The first kappa shape index (κ1) is 21.4. The maximum absolute atomic E-state index is 12.6. The first-order valence-electron chi connectivity index (χ1n) is 9.70. The minimum Gasteiger partial charge on any atom is -0.497 e. The van der Waals surface area contributed by atoms with Gasteiger partial charge in [0.05, 0.1) is 12.0 Å². The number of nitro groups is 1. The van der Waals surface area contributed by atoms with Crippen molar-refractivity contribution in [3.05, 3.63) is 68.7 Å². The largest absolute Gasteiger partial charge is 0.497 e. The van der Waals surface area contributed by atoms with E-state index in [1.165, 1.54) is 6.07 Å². The number of ether oxygens (including phenoxy) is 1. The molecule has 0 aliphatic carbocycles. The van der Waals surface area contributed by atoms with E-state index >= 15 is 0 Å². The summed E-state index contributed by atoms with van der Waals surface area (Å²) in [5.74, 6) is -0.127. The minimum absolute atomic E-state index is 0.0312. The van der Waals surface area contributed by atoms with Gasteiger partial charge in [0.1, 0.15) is 16.3 Å². The van der Waals surface area contributed by atoms with Gasteiger partial charge in [0.25, 0.3) is 11.6 Å². The minimum atomic E-state index is -0.634. The molecule has 32 heavy (non-hydrogen) atoms. The Labute approximate surface area is 187 Å².